The van der Waals surface area contributed by atoms with Gasteiger partial charge in [-0.1, -0.05) is 62.4 Å². The van der Waals surface area contributed by atoms with E-state index in [1.807, 2.05) is 74.9 Å². The Kier molecular flexibility index (Phi) is 8.27. The minimum atomic E-state index is -0.309. The number of anilines is 1. The van der Waals surface area contributed by atoms with Crippen molar-refractivity contribution >= 4 is 29.3 Å². The molecule has 174 valence electrons. The van der Waals surface area contributed by atoms with Crippen LogP contribution in [0.2, 0.25) is 0 Å². The maximum absolute atomic E-state index is 12.8. The number of amides is 2. The number of thioether (sulfide) groups is 1. The van der Waals surface area contributed by atoms with E-state index in [0.717, 1.165) is 17.7 Å². The molecule has 3 rings (SSSR count). The Hall–Kier alpha value is -3.13. The number of hydrogen-bond acceptors (Lipinski definition) is 5. The molecule has 0 aliphatic carbocycles. The van der Waals surface area contributed by atoms with Crippen LogP contribution in [-0.2, 0) is 18.3 Å². The number of hydrogen-bond donors (Lipinski definition) is 2. The van der Waals surface area contributed by atoms with E-state index in [1.54, 1.807) is 6.07 Å². The van der Waals surface area contributed by atoms with Crippen LogP contribution in [0.25, 0.3) is 0 Å². The molecule has 0 unspecified atom stereocenters. The summed E-state index contributed by atoms with van der Waals surface area (Å²) in [6, 6.07) is 15.0. The fraction of sp³-hybridized carbons (Fsp3) is 0.360. The molecule has 2 N–H and O–H groups in total. The summed E-state index contributed by atoms with van der Waals surface area (Å²) in [5.41, 5.74) is 3.64. The molecule has 0 aliphatic rings. The molecule has 2 amide bonds. The van der Waals surface area contributed by atoms with E-state index in [0.29, 0.717) is 16.5 Å². The molecule has 33 heavy (non-hydrogen) atoms. The van der Waals surface area contributed by atoms with Gasteiger partial charge in [-0.2, -0.15) is 0 Å². The molecule has 2 aromatic carbocycles. The number of carbonyl (C=O) groups excluding carboxylic acids is 2. The number of rotatable bonds is 9. The first-order chi connectivity index (χ1) is 15.8. The number of nitrogens with zero attached hydrogens (tertiary/aromatic N) is 3. The van der Waals surface area contributed by atoms with Gasteiger partial charge < -0.3 is 15.2 Å². The van der Waals surface area contributed by atoms with E-state index in [1.165, 1.54) is 17.3 Å². The SMILES string of the molecule is CCc1ccc(NC(=O)CSc2nnc([C@H](NC(=O)c3cccc(C)c3)C(C)C)n2C)cc1. The Bertz CT molecular complexity index is 1110. The van der Waals surface area contributed by atoms with Crippen molar-refractivity contribution in [3.8, 4) is 0 Å². The molecule has 0 radical (unpaired) electrons. The number of benzene rings is 2. The van der Waals surface area contributed by atoms with E-state index in [9.17, 15) is 9.59 Å². The van der Waals surface area contributed by atoms with Gasteiger partial charge in [-0.15, -0.1) is 10.2 Å². The Morgan fingerprint density at radius 3 is 2.45 bits per heavy atom. The van der Waals surface area contributed by atoms with Crippen molar-refractivity contribution in [2.45, 2.75) is 45.3 Å². The monoisotopic (exact) mass is 465 g/mol. The second kappa shape index (κ2) is 11.1. The molecule has 7 nitrogen and oxygen atoms in total. The molecule has 0 aliphatic heterocycles. The van der Waals surface area contributed by atoms with Gasteiger partial charge in [0.1, 0.15) is 0 Å². The Labute approximate surface area is 199 Å². The van der Waals surface area contributed by atoms with Gasteiger partial charge in [0, 0.05) is 18.3 Å². The summed E-state index contributed by atoms with van der Waals surface area (Å²) in [7, 11) is 1.85. The summed E-state index contributed by atoms with van der Waals surface area (Å²) in [5, 5.41) is 15.2. The van der Waals surface area contributed by atoms with Gasteiger partial charge >= 0.3 is 0 Å². The van der Waals surface area contributed by atoms with Gasteiger partial charge in [0.15, 0.2) is 11.0 Å². The topological polar surface area (TPSA) is 88.9 Å². The summed E-state index contributed by atoms with van der Waals surface area (Å²) < 4.78 is 1.84. The third-order valence-corrected chi connectivity index (χ3v) is 6.38. The maximum atomic E-state index is 12.8. The molecule has 0 bridgehead atoms. The highest BCUT2D eigenvalue weighted by Gasteiger charge is 2.25. The molecular formula is C25H31N5O2S. The summed E-state index contributed by atoms with van der Waals surface area (Å²) >= 11 is 1.31. The minimum Gasteiger partial charge on any atom is -0.342 e. The van der Waals surface area contributed by atoms with Crippen LogP contribution in [0.4, 0.5) is 5.69 Å². The zero-order valence-electron chi connectivity index (χ0n) is 19.8. The average Bonchev–Trinajstić information content (AvgIpc) is 3.16. The first kappa shape index (κ1) is 24.5. The highest BCUT2D eigenvalue weighted by Crippen LogP contribution is 2.24. The first-order valence-corrected chi connectivity index (χ1v) is 12.1. The minimum absolute atomic E-state index is 0.105. The molecule has 0 saturated carbocycles. The van der Waals surface area contributed by atoms with Crippen LogP contribution in [0.15, 0.2) is 53.7 Å². The lowest BCUT2D eigenvalue weighted by Crippen LogP contribution is -2.33. The third kappa shape index (κ3) is 6.44. The van der Waals surface area contributed by atoms with Gasteiger partial charge in [0.05, 0.1) is 11.8 Å². The van der Waals surface area contributed by atoms with Crippen LogP contribution in [0.3, 0.4) is 0 Å². The molecular weight excluding hydrogens is 434 g/mol. The van der Waals surface area contributed by atoms with E-state index < -0.39 is 0 Å². The third-order valence-electron chi connectivity index (χ3n) is 5.36. The van der Waals surface area contributed by atoms with Gasteiger partial charge in [0.2, 0.25) is 5.91 Å². The van der Waals surface area contributed by atoms with Gasteiger partial charge in [-0.05, 0) is 49.1 Å². The lowest BCUT2D eigenvalue weighted by molar-refractivity contribution is -0.113. The number of nitrogens with one attached hydrogen (secondary N) is 2. The van der Waals surface area contributed by atoms with Crippen LogP contribution >= 0.6 is 11.8 Å². The van der Waals surface area contributed by atoms with E-state index in [2.05, 4.69) is 27.8 Å². The van der Waals surface area contributed by atoms with Crippen molar-refractivity contribution in [2.75, 3.05) is 11.1 Å². The van der Waals surface area contributed by atoms with E-state index >= 15 is 0 Å². The van der Waals surface area contributed by atoms with Crippen LogP contribution in [0.5, 0.6) is 0 Å². The number of aromatic nitrogens is 3. The lowest BCUT2D eigenvalue weighted by atomic mass is 10.0. The molecule has 1 aromatic heterocycles. The largest absolute Gasteiger partial charge is 0.342 e. The fourth-order valence-electron chi connectivity index (χ4n) is 3.41. The second-order valence-electron chi connectivity index (χ2n) is 8.35. The van der Waals surface area contributed by atoms with Crippen LogP contribution in [0.1, 0.15) is 54.1 Å². The Balaban J connectivity index is 1.64. The van der Waals surface area contributed by atoms with Crippen molar-refractivity contribution in [1.29, 1.82) is 0 Å². The number of carbonyl (C=O) groups is 2. The Morgan fingerprint density at radius 2 is 1.82 bits per heavy atom. The van der Waals surface area contributed by atoms with Crippen LogP contribution in [0, 0.1) is 12.8 Å². The maximum Gasteiger partial charge on any atom is 0.251 e. The van der Waals surface area contributed by atoms with Crippen molar-refractivity contribution in [3.63, 3.8) is 0 Å². The summed E-state index contributed by atoms with van der Waals surface area (Å²) in [5.74, 6) is 0.715. The highest BCUT2D eigenvalue weighted by molar-refractivity contribution is 7.99. The Morgan fingerprint density at radius 1 is 1.09 bits per heavy atom. The summed E-state index contributed by atoms with van der Waals surface area (Å²) in [6.07, 6.45) is 0.960. The highest BCUT2D eigenvalue weighted by atomic mass is 32.2. The van der Waals surface area contributed by atoms with Crippen molar-refractivity contribution in [3.05, 3.63) is 71.0 Å². The lowest BCUT2D eigenvalue weighted by Gasteiger charge is -2.21. The summed E-state index contributed by atoms with van der Waals surface area (Å²) in [6.45, 7) is 8.11. The molecule has 0 spiro atoms. The van der Waals surface area contributed by atoms with Gasteiger partial charge in [-0.3, -0.25) is 9.59 Å². The quantitative estimate of drug-likeness (QED) is 0.453. The molecule has 3 aromatic rings. The van der Waals surface area contributed by atoms with Crippen molar-refractivity contribution in [2.24, 2.45) is 13.0 Å². The van der Waals surface area contributed by atoms with E-state index in [4.69, 9.17) is 0 Å². The smallest absolute Gasteiger partial charge is 0.251 e. The van der Waals surface area contributed by atoms with Crippen molar-refractivity contribution < 1.29 is 9.59 Å². The fourth-order valence-corrected chi connectivity index (χ4v) is 4.13. The van der Waals surface area contributed by atoms with Crippen molar-refractivity contribution in [1.82, 2.24) is 20.1 Å². The molecule has 0 fully saturated rings. The molecule has 0 saturated heterocycles. The van der Waals surface area contributed by atoms with E-state index in [-0.39, 0.29) is 29.5 Å². The molecule has 1 heterocycles. The van der Waals surface area contributed by atoms with Gasteiger partial charge in [-0.25, -0.2) is 0 Å². The normalized spacial score (nSPS) is 11.9. The zero-order valence-corrected chi connectivity index (χ0v) is 20.6. The predicted molar refractivity (Wildman–Crippen MR) is 132 cm³/mol. The first-order valence-electron chi connectivity index (χ1n) is 11.1. The van der Waals surface area contributed by atoms with Gasteiger partial charge in [0.25, 0.3) is 5.91 Å². The van der Waals surface area contributed by atoms with Crippen LogP contribution < -0.4 is 10.6 Å². The molecule has 1 atom stereocenters. The second-order valence-corrected chi connectivity index (χ2v) is 9.29. The predicted octanol–water partition coefficient (Wildman–Crippen LogP) is 4.54. The average molecular weight is 466 g/mol. The molecule has 8 heteroatoms. The summed E-state index contributed by atoms with van der Waals surface area (Å²) in [4.78, 5) is 25.2. The zero-order chi connectivity index (χ0) is 24.0. The number of aryl methyl sites for hydroxylation is 2. The standard InChI is InChI=1S/C25H31N5O2S/c1-6-18-10-12-20(13-11-18)26-21(31)15-33-25-29-28-23(30(25)5)22(16(2)3)27-24(32)19-9-7-8-17(4)14-19/h7-14,16,22H,6,15H2,1-5H3,(H,26,31)(H,27,32)/t22-/m1/s1. The van der Waals surface area contributed by atoms with Crippen LogP contribution in [-0.4, -0.2) is 32.3 Å².